The first-order chi connectivity index (χ1) is 8.08. The van der Waals surface area contributed by atoms with E-state index in [0.29, 0.717) is 23.7 Å². The normalized spacial score (nSPS) is 12.5. The lowest BCUT2D eigenvalue weighted by molar-refractivity contribution is 0.0695. The quantitative estimate of drug-likeness (QED) is 0.808. The largest absolute Gasteiger partial charge is 0.392 e. The minimum atomic E-state index is -0.540. The third kappa shape index (κ3) is 4.16. The number of benzene rings is 1. The summed E-state index contributed by atoms with van der Waals surface area (Å²) in [6, 6.07) is 5.40. The highest BCUT2D eigenvalue weighted by Gasteiger charge is 2.10. The molecule has 4 nitrogen and oxygen atoms in total. The van der Waals surface area contributed by atoms with Crippen LogP contribution in [0.3, 0.4) is 0 Å². The maximum atomic E-state index is 9.61. The SMILES string of the molecule is COCC(O)CN(C)c1ccc(CO)c(Cl)c1. The highest BCUT2D eigenvalue weighted by atomic mass is 35.5. The fourth-order valence-corrected chi connectivity index (χ4v) is 1.80. The van der Waals surface area contributed by atoms with Crippen molar-refractivity contribution in [3.05, 3.63) is 28.8 Å². The molecule has 2 N–H and O–H groups in total. The van der Waals surface area contributed by atoms with Crippen LogP contribution in [-0.2, 0) is 11.3 Å². The van der Waals surface area contributed by atoms with Gasteiger partial charge in [0.05, 0.1) is 19.3 Å². The smallest absolute Gasteiger partial charge is 0.0947 e. The molecule has 0 fully saturated rings. The number of anilines is 1. The zero-order chi connectivity index (χ0) is 12.8. The van der Waals surface area contributed by atoms with Crippen LogP contribution in [0.2, 0.25) is 5.02 Å². The number of rotatable bonds is 6. The number of likely N-dealkylation sites (N-methyl/N-ethyl adjacent to an activating group) is 1. The molecule has 1 atom stereocenters. The second-order valence-corrected chi connectivity index (χ2v) is 4.33. The molecule has 0 aliphatic carbocycles. The molecule has 96 valence electrons. The van der Waals surface area contributed by atoms with Crippen molar-refractivity contribution >= 4 is 17.3 Å². The number of methoxy groups -OCH3 is 1. The zero-order valence-corrected chi connectivity index (χ0v) is 10.8. The molecule has 0 aliphatic heterocycles. The molecular formula is C12H18ClNO3. The molecule has 0 spiro atoms. The Morgan fingerprint density at radius 3 is 2.71 bits per heavy atom. The van der Waals surface area contributed by atoms with Crippen LogP contribution in [0.5, 0.6) is 0 Å². The van der Waals surface area contributed by atoms with E-state index in [1.54, 1.807) is 19.2 Å². The van der Waals surface area contributed by atoms with Crippen LogP contribution in [0.25, 0.3) is 0 Å². The van der Waals surface area contributed by atoms with E-state index in [0.717, 1.165) is 5.69 Å². The van der Waals surface area contributed by atoms with Crippen LogP contribution in [0.1, 0.15) is 5.56 Å². The van der Waals surface area contributed by atoms with Crippen molar-refractivity contribution < 1.29 is 14.9 Å². The molecule has 0 aliphatic rings. The van der Waals surface area contributed by atoms with E-state index in [4.69, 9.17) is 21.4 Å². The minimum Gasteiger partial charge on any atom is -0.392 e. The third-order valence-corrected chi connectivity index (χ3v) is 2.84. The van der Waals surface area contributed by atoms with E-state index >= 15 is 0 Å². The van der Waals surface area contributed by atoms with E-state index in [1.165, 1.54) is 0 Å². The lowest BCUT2D eigenvalue weighted by Crippen LogP contribution is -2.31. The van der Waals surface area contributed by atoms with Gasteiger partial charge in [-0.3, -0.25) is 0 Å². The summed E-state index contributed by atoms with van der Waals surface area (Å²) in [6.45, 7) is 0.685. The number of ether oxygens (including phenoxy) is 1. The maximum absolute atomic E-state index is 9.61. The number of halogens is 1. The summed E-state index contributed by atoms with van der Waals surface area (Å²) in [5.41, 5.74) is 1.59. The average Bonchev–Trinajstić information content (AvgIpc) is 2.29. The Labute approximate surface area is 106 Å². The first-order valence-corrected chi connectivity index (χ1v) is 5.73. The van der Waals surface area contributed by atoms with Crippen molar-refractivity contribution in [2.24, 2.45) is 0 Å². The molecule has 1 aromatic rings. The van der Waals surface area contributed by atoms with Gasteiger partial charge in [-0.2, -0.15) is 0 Å². The summed E-state index contributed by atoms with van der Waals surface area (Å²) in [7, 11) is 3.42. The van der Waals surface area contributed by atoms with Crippen molar-refractivity contribution in [2.75, 3.05) is 32.2 Å². The highest BCUT2D eigenvalue weighted by molar-refractivity contribution is 6.31. The number of hydrogen-bond acceptors (Lipinski definition) is 4. The predicted octanol–water partition coefficient (Wildman–Crippen LogP) is 1.28. The molecular weight excluding hydrogens is 242 g/mol. The third-order valence-electron chi connectivity index (χ3n) is 2.49. The summed E-state index contributed by atoms with van der Waals surface area (Å²) < 4.78 is 4.86. The average molecular weight is 260 g/mol. The topological polar surface area (TPSA) is 52.9 Å². The molecule has 1 rings (SSSR count). The van der Waals surface area contributed by atoms with Gasteiger partial charge in [-0.15, -0.1) is 0 Å². The van der Waals surface area contributed by atoms with Crippen LogP contribution in [0, 0.1) is 0 Å². The van der Waals surface area contributed by atoms with E-state index in [2.05, 4.69) is 0 Å². The summed E-state index contributed by atoms with van der Waals surface area (Å²) in [5, 5.41) is 19.1. The number of aliphatic hydroxyl groups excluding tert-OH is 2. The number of hydrogen-bond donors (Lipinski definition) is 2. The lowest BCUT2D eigenvalue weighted by atomic mass is 10.2. The Bertz CT molecular complexity index is 360. The molecule has 0 aromatic heterocycles. The van der Waals surface area contributed by atoms with Gasteiger partial charge in [0, 0.05) is 31.4 Å². The van der Waals surface area contributed by atoms with Crippen LogP contribution < -0.4 is 4.90 Å². The van der Waals surface area contributed by atoms with Gasteiger partial charge < -0.3 is 19.8 Å². The fourth-order valence-electron chi connectivity index (χ4n) is 1.57. The number of nitrogens with zero attached hydrogens (tertiary/aromatic N) is 1. The Balaban J connectivity index is 2.69. The molecule has 0 amide bonds. The molecule has 0 bridgehead atoms. The van der Waals surface area contributed by atoms with Gasteiger partial charge in [0.2, 0.25) is 0 Å². The molecule has 0 radical (unpaired) electrons. The van der Waals surface area contributed by atoms with Crippen LogP contribution in [-0.4, -0.2) is 43.6 Å². The molecule has 1 aromatic carbocycles. The first-order valence-electron chi connectivity index (χ1n) is 5.36. The molecule has 1 unspecified atom stereocenters. The molecule has 0 saturated heterocycles. The van der Waals surface area contributed by atoms with Gasteiger partial charge in [-0.25, -0.2) is 0 Å². The summed E-state index contributed by atoms with van der Waals surface area (Å²) in [5.74, 6) is 0. The van der Waals surface area contributed by atoms with E-state index in [9.17, 15) is 5.11 Å². The Morgan fingerprint density at radius 1 is 1.47 bits per heavy atom. The van der Waals surface area contributed by atoms with E-state index < -0.39 is 6.10 Å². The Hall–Kier alpha value is -0.810. The van der Waals surface area contributed by atoms with Crippen molar-refractivity contribution in [3.63, 3.8) is 0 Å². The van der Waals surface area contributed by atoms with Crippen molar-refractivity contribution in [2.45, 2.75) is 12.7 Å². The van der Waals surface area contributed by atoms with Gasteiger partial charge in [0.1, 0.15) is 0 Å². The van der Waals surface area contributed by atoms with E-state index in [1.807, 2.05) is 18.0 Å². The van der Waals surface area contributed by atoms with Gasteiger partial charge in [-0.05, 0) is 17.7 Å². The Morgan fingerprint density at radius 2 is 2.18 bits per heavy atom. The van der Waals surface area contributed by atoms with Crippen LogP contribution in [0.15, 0.2) is 18.2 Å². The molecule has 5 heteroatoms. The fraction of sp³-hybridized carbons (Fsp3) is 0.500. The van der Waals surface area contributed by atoms with Gasteiger partial charge in [0.25, 0.3) is 0 Å². The predicted molar refractivity (Wildman–Crippen MR) is 68.5 cm³/mol. The zero-order valence-electron chi connectivity index (χ0n) is 10.1. The van der Waals surface area contributed by atoms with Crippen LogP contribution in [0.4, 0.5) is 5.69 Å². The molecule has 0 saturated carbocycles. The van der Waals surface area contributed by atoms with Crippen molar-refractivity contribution in [3.8, 4) is 0 Å². The second-order valence-electron chi connectivity index (χ2n) is 3.92. The van der Waals surface area contributed by atoms with Gasteiger partial charge in [0.15, 0.2) is 0 Å². The summed E-state index contributed by atoms with van der Waals surface area (Å²) in [6.07, 6.45) is -0.540. The highest BCUT2D eigenvalue weighted by Crippen LogP contribution is 2.23. The second kappa shape index (κ2) is 6.81. The van der Waals surface area contributed by atoms with Gasteiger partial charge in [-0.1, -0.05) is 17.7 Å². The maximum Gasteiger partial charge on any atom is 0.0947 e. The number of aliphatic hydroxyl groups is 2. The van der Waals surface area contributed by atoms with Crippen molar-refractivity contribution in [1.82, 2.24) is 0 Å². The summed E-state index contributed by atoms with van der Waals surface area (Å²) in [4.78, 5) is 1.89. The van der Waals surface area contributed by atoms with Crippen LogP contribution >= 0.6 is 11.6 Å². The lowest BCUT2D eigenvalue weighted by Gasteiger charge is -2.23. The van der Waals surface area contributed by atoms with E-state index in [-0.39, 0.29) is 6.61 Å². The summed E-state index contributed by atoms with van der Waals surface area (Å²) >= 11 is 6.00. The minimum absolute atomic E-state index is 0.0743. The standard InChI is InChI=1S/C12H18ClNO3/c1-14(6-11(16)8-17-2)10-4-3-9(7-15)12(13)5-10/h3-5,11,15-16H,6-8H2,1-2H3. The van der Waals surface area contributed by atoms with Gasteiger partial charge >= 0.3 is 0 Å². The van der Waals surface area contributed by atoms with Crippen molar-refractivity contribution in [1.29, 1.82) is 0 Å². The monoisotopic (exact) mass is 259 g/mol. The molecule has 0 heterocycles. The molecule has 17 heavy (non-hydrogen) atoms. The Kier molecular flexibility index (Phi) is 5.71. The first kappa shape index (κ1) is 14.3.